The second-order valence-corrected chi connectivity index (χ2v) is 7.39. The fraction of sp³-hybridized carbons (Fsp3) is 0.348. The fourth-order valence-corrected chi connectivity index (χ4v) is 3.70. The van der Waals surface area contributed by atoms with E-state index in [-0.39, 0.29) is 0 Å². The van der Waals surface area contributed by atoms with Crippen molar-refractivity contribution in [3.8, 4) is 11.7 Å². The van der Waals surface area contributed by atoms with Crippen LogP contribution in [-0.4, -0.2) is 34.1 Å². The molecule has 1 aromatic heterocycles. The number of para-hydroxylation sites is 1. The van der Waals surface area contributed by atoms with Crippen molar-refractivity contribution >= 4 is 0 Å². The molecule has 4 nitrogen and oxygen atoms in total. The Morgan fingerprint density at radius 2 is 1.63 bits per heavy atom. The van der Waals surface area contributed by atoms with Gasteiger partial charge in [-0.3, -0.25) is 9.47 Å². The van der Waals surface area contributed by atoms with Gasteiger partial charge in [0.25, 0.3) is 0 Å². The quantitative estimate of drug-likeness (QED) is 0.649. The number of aryl methyl sites for hydroxylation is 1. The van der Waals surface area contributed by atoms with Crippen molar-refractivity contribution in [1.82, 2.24) is 14.5 Å². The highest BCUT2D eigenvalue weighted by Gasteiger charge is 2.21. The number of rotatable bonds is 6. The lowest BCUT2D eigenvalue weighted by atomic mass is 9.97. The molecule has 0 unspecified atom stereocenters. The van der Waals surface area contributed by atoms with Crippen LogP contribution in [0.1, 0.15) is 24.1 Å². The van der Waals surface area contributed by atoms with E-state index in [4.69, 9.17) is 4.74 Å². The van der Waals surface area contributed by atoms with Crippen LogP contribution in [0.3, 0.4) is 0 Å². The molecule has 1 fully saturated rings. The van der Waals surface area contributed by atoms with E-state index < -0.39 is 0 Å². The van der Waals surface area contributed by atoms with Gasteiger partial charge in [-0.2, -0.15) is 0 Å². The first kappa shape index (κ1) is 17.8. The molecule has 0 radical (unpaired) electrons. The number of imidazole rings is 1. The van der Waals surface area contributed by atoms with Crippen molar-refractivity contribution < 1.29 is 4.74 Å². The number of ether oxygens (including phenoxy) is 1. The van der Waals surface area contributed by atoms with Crippen LogP contribution in [0, 0.1) is 12.8 Å². The van der Waals surface area contributed by atoms with Gasteiger partial charge < -0.3 is 4.74 Å². The summed E-state index contributed by atoms with van der Waals surface area (Å²) in [4.78, 5) is 7.12. The average Bonchev–Trinajstić information content (AvgIpc) is 3.09. The highest BCUT2D eigenvalue weighted by molar-refractivity contribution is 5.35. The molecule has 0 N–H and O–H groups in total. The molecule has 2 aromatic carbocycles. The first-order valence-corrected chi connectivity index (χ1v) is 9.78. The summed E-state index contributed by atoms with van der Waals surface area (Å²) in [6, 6.07) is 21.7. The number of nitrogens with zero attached hydrogens (tertiary/aromatic N) is 3. The molecule has 3 aromatic rings. The Morgan fingerprint density at radius 3 is 2.33 bits per heavy atom. The number of hydrogen-bond acceptors (Lipinski definition) is 3. The molecule has 0 spiro atoms. The maximum Gasteiger partial charge on any atom is 0.301 e. The van der Waals surface area contributed by atoms with Gasteiger partial charge in [0.15, 0.2) is 0 Å². The van der Waals surface area contributed by atoms with Crippen molar-refractivity contribution in [3.63, 3.8) is 0 Å². The number of likely N-dealkylation sites (tertiary alicyclic amines) is 1. The predicted octanol–water partition coefficient (Wildman–Crippen LogP) is 4.47. The molecule has 0 saturated carbocycles. The number of piperidine rings is 1. The minimum absolute atomic E-state index is 0.596. The molecule has 1 aliphatic rings. The Balaban J connectivity index is 1.31. The van der Waals surface area contributed by atoms with Crippen molar-refractivity contribution in [3.05, 3.63) is 78.1 Å². The minimum Gasteiger partial charge on any atom is -0.464 e. The molecule has 1 aliphatic heterocycles. The van der Waals surface area contributed by atoms with Crippen molar-refractivity contribution in [1.29, 1.82) is 0 Å². The van der Waals surface area contributed by atoms with Gasteiger partial charge in [0.05, 0.1) is 18.0 Å². The van der Waals surface area contributed by atoms with Crippen LogP contribution in [0.4, 0.5) is 0 Å². The van der Waals surface area contributed by atoms with Gasteiger partial charge in [0, 0.05) is 12.7 Å². The zero-order chi connectivity index (χ0) is 18.5. The van der Waals surface area contributed by atoms with E-state index in [1.807, 2.05) is 35.9 Å². The topological polar surface area (TPSA) is 30.3 Å². The molecule has 0 amide bonds. The second kappa shape index (κ2) is 8.40. The molecule has 4 rings (SSSR count). The first-order chi connectivity index (χ1) is 13.3. The minimum atomic E-state index is 0.596. The van der Waals surface area contributed by atoms with Crippen molar-refractivity contribution in [2.24, 2.45) is 5.92 Å². The standard InChI is InChI=1S/C23H27N3O/c1-19-16-26(22-10-6-3-7-11-22)23(24-19)27-18-21-12-14-25(15-13-21)17-20-8-4-2-5-9-20/h2-11,16,21H,12-15,17-18H2,1H3. The number of hydrogen-bond donors (Lipinski definition) is 0. The normalized spacial score (nSPS) is 15.7. The molecule has 140 valence electrons. The van der Waals surface area contributed by atoms with Crippen LogP contribution in [0.15, 0.2) is 66.9 Å². The van der Waals surface area contributed by atoms with Crippen LogP contribution in [0.2, 0.25) is 0 Å². The van der Waals surface area contributed by atoms with E-state index in [0.717, 1.165) is 37.6 Å². The van der Waals surface area contributed by atoms with Gasteiger partial charge in [-0.25, -0.2) is 4.98 Å². The summed E-state index contributed by atoms with van der Waals surface area (Å²) in [5.41, 5.74) is 3.46. The van der Waals surface area contributed by atoms with Crippen LogP contribution in [0.5, 0.6) is 6.01 Å². The Morgan fingerprint density at radius 1 is 0.963 bits per heavy atom. The van der Waals surface area contributed by atoms with E-state index >= 15 is 0 Å². The van der Waals surface area contributed by atoms with Gasteiger partial charge in [0.2, 0.25) is 0 Å². The molecule has 0 bridgehead atoms. The number of aromatic nitrogens is 2. The maximum absolute atomic E-state index is 6.14. The van der Waals surface area contributed by atoms with E-state index in [9.17, 15) is 0 Å². The first-order valence-electron chi connectivity index (χ1n) is 9.78. The largest absolute Gasteiger partial charge is 0.464 e. The molecular weight excluding hydrogens is 334 g/mol. The van der Waals surface area contributed by atoms with Gasteiger partial charge in [-0.1, -0.05) is 48.5 Å². The molecular formula is C23H27N3O. The maximum atomic E-state index is 6.14. The third kappa shape index (κ3) is 4.58. The van der Waals surface area contributed by atoms with Gasteiger partial charge in [-0.05, 0) is 56.5 Å². The van der Waals surface area contributed by atoms with Gasteiger partial charge in [-0.15, -0.1) is 0 Å². The van der Waals surface area contributed by atoms with Crippen LogP contribution in [0.25, 0.3) is 5.69 Å². The summed E-state index contributed by atoms with van der Waals surface area (Å²) in [5, 5.41) is 0. The lowest BCUT2D eigenvalue weighted by Gasteiger charge is -2.31. The molecule has 1 saturated heterocycles. The summed E-state index contributed by atoms with van der Waals surface area (Å²) >= 11 is 0. The SMILES string of the molecule is Cc1cn(-c2ccccc2)c(OCC2CCN(Cc3ccccc3)CC2)n1. The zero-order valence-corrected chi connectivity index (χ0v) is 15.9. The highest BCUT2D eigenvalue weighted by atomic mass is 16.5. The lowest BCUT2D eigenvalue weighted by Crippen LogP contribution is -2.35. The second-order valence-electron chi connectivity index (χ2n) is 7.39. The molecule has 2 heterocycles. The summed E-state index contributed by atoms with van der Waals surface area (Å²) < 4.78 is 8.18. The predicted molar refractivity (Wildman–Crippen MR) is 108 cm³/mol. The van der Waals surface area contributed by atoms with Crippen molar-refractivity contribution in [2.75, 3.05) is 19.7 Å². The average molecular weight is 361 g/mol. The summed E-state index contributed by atoms with van der Waals surface area (Å²) in [7, 11) is 0. The van der Waals surface area contributed by atoms with Gasteiger partial charge >= 0.3 is 6.01 Å². The Hall–Kier alpha value is -2.59. The third-order valence-electron chi connectivity index (χ3n) is 5.23. The number of benzene rings is 2. The molecule has 4 heteroatoms. The summed E-state index contributed by atoms with van der Waals surface area (Å²) in [6.45, 7) is 6.06. The summed E-state index contributed by atoms with van der Waals surface area (Å²) in [6.07, 6.45) is 4.39. The van der Waals surface area contributed by atoms with Crippen LogP contribution >= 0.6 is 0 Å². The van der Waals surface area contributed by atoms with E-state index in [1.165, 1.54) is 18.4 Å². The molecule has 0 aliphatic carbocycles. The van der Waals surface area contributed by atoms with E-state index in [1.54, 1.807) is 0 Å². The third-order valence-corrected chi connectivity index (χ3v) is 5.23. The van der Waals surface area contributed by atoms with E-state index in [2.05, 4.69) is 52.3 Å². The van der Waals surface area contributed by atoms with Crippen molar-refractivity contribution in [2.45, 2.75) is 26.3 Å². The van der Waals surface area contributed by atoms with Crippen LogP contribution in [-0.2, 0) is 6.54 Å². The van der Waals surface area contributed by atoms with E-state index in [0.29, 0.717) is 11.9 Å². The molecule has 27 heavy (non-hydrogen) atoms. The van der Waals surface area contributed by atoms with Gasteiger partial charge in [0.1, 0.15) is 0 Å². The van der Waals surface area contributed by atoms with Crippen LogP contribution < -0.4 is 4.74 Å². The Labute approximate surface area is 161 Å². The monoisotopic (exact) mass is 361 g/mol. The fourth-order valence-electron chi connectivity index (χ4n) is 3.70. The highest BCUT2D eigenvalue weighted by Crippen LogP contribution is 2.22. The smallest absolute Gasteiger partial charge is 0.301 e. The molecule has 0 atom stereocenters. The Kier molecular flexibility index (Phi) is 5.54. The Bertz CT molecular complexity index is 837. The summed E-state index contributed by atoms with van der Waals surface area (Å²) in [5.74, 6) is 0.596. The lowest BCUT2D eigenvalue weighted by molar-refractivity contribution is 0.131. The zero-order valence-electron chi connectivity index (χ0n) is 15.9.